The SMILES string of the molecule is O=C(Cc1csc(-c2ccc(CN3CCOCC3)cc2)n1)N1CCN(Cc2ccccc2)CC1. The third-order valence-corrected chi connectivity index (χ3v) is 7.51. The van der Waals surface area contributed by atoms with Gasteiger partial charge in [-0.2, -0.15) is 0 Å². The van der Waals surface area contributed by atoms with Gasteiger partial charge in [0.05, 0.1) is 25.3 Å². The molecule has 2 saturated heterocycles. The average molecular weight is 477 g/mol. The van der Waals surface area contributed by atoms with Gasteiger partial charge < -0.3 is 9.64 Å². The van der Waals surface area contributed by atoms with Crippen LogP contribution in [0.2, 0.25) is 0 Å². The van der Waals surface area contributed by atoms with E-state index in [1.807, 2.05) is 16.3 Å². The van der Waals surface area contributed by atoms with E-state index < -0.39 is 0 Å². The molecule has 1 aromatic heterocycles. The third kappa shape index (κ3) is 6.10. The number of rotatable bonds is 7. The first-order chi connectivity index (χ1) is 16.7. The molecular formula is C27H32N4O2S. The summed E-state index contributed by atoms with van der Waals surface area (Å²) >= 11 is 1.62. The molecule has 0 atom stereocenters. The molecule has 3 aromatic rings. The summed E-state index contributed by atoms with van der Waals surface area (Å²) in [5, 5.41) is 3.01. The number of benzene rings is 2. The molecule has 2 fully saturated rings. The Bertz CT molecular complexity index is 1060. The lowest BCUT2D eigenvalue weighted by Gasteiger charge is -2.34. The second kappa shape index (κ2) is 11.2. The number of morpholine rings is 1. The zero-order valence-corrected chi connectivity index (χ0v) is 20.4. The van der Waals surface area contributed by atoms with Gasteiger partial charge >= 0.3 is 0 Å². The van der Waals surface area contributed by atoms with Crippen LogP contribution >= 0.6 is 11.3 Å². The lowest BCUT2D eigenvalue weighted by atomic mass is 10.1. The van der Waals surface area contributed by atoms with E-state index in [9.17, 15) is 4.79 Å². The van der Waals surface area contributed by atoms with E-state index in [1.165, 1.54) is 11.1 Å². The van der Waals surface area contributed by atoms with Gasteiger partial charge in [-0.3, -0.25) is 14.6 Å². The van der Waals surface area contributed by atoms with E-state index in [0.717, 1.165) is 81.8 Å². The summed E-state index contributed by atoms with van der Waals surface area (Å²) < 4.78 is 5.43. The smallest absolute Gasteiger partial charge is 0.228 e. The first kappa shape index (κ1) is 23.2. The van der Waals surface area contributed by atoms with Crippen LogP contribution in [0, 0.1) is 0 Å². The molecule has 2 aliphatic rings. The molecule has 3 heterocycles. The fourth-order valence-corrected chi connectivity index (χ4v) is 5.38. The summed E-state index contributed by atoms with van der Waals surface area (Å²) in [5.41, 5.74) is 4.62. The highest BCUT2D eigenvalue weighted by atomic mass is 32.1. The molecule has 0 N–H and O–H groups in total. The highest BCUT2D eigenvalue weighted by Gasteiger charge is 2.22. The minimum Gasteiger partial charge on any atom is -0.379 e. The van der Waals surface area contributed by atoms with Crippen molar-refractivity contribution >= 4 is 17.2 Å². The lowest BCUT2D eigenvalue weighted by molar-refractivity contribution is -0.132. The van der Waals surface area contributed by atoms with Crippen LogP contribution in [-0.2, 0) is 29.0 Å². The second-order valence-electron chi connectivity index (χ2n) is 9.05. The van der Waals surface area contributed by atoms with Gasteiger partial charge in [0, 0.05) is 63.3 Å². The normalized spacial score (nSPS) is 17.7. The predicted octanol–water partition coefficient (Wildman–Crippen LogP) is 3.53. The Labute approximate surface area is 205 Å². The molecule has 1 amide bonds. The quantitative estimate of drug-likeness (QED) is 0.522. The van der Waals surface area contributed by atoms with Gasteiger partial charge in [0.2, 0.25) is 5.91 Å². The molecule has 2 aromatic carbocycles. The largest absolute Gasteiger partial charge is 0.379 e. The van der Waals surface area contributed by atoms with Crippen molar-refractivity contribution in [1.29, 1.82) is 0 Å². The Morgan fingerprint density at radius 1 is 0.824 bits per heavy atom. The summed E-state index contributed by atoms with van der Waals surface area (Å²) in [4.78, 5) is 24.5. The highest BCUT2D eigenvalue weighted by molar-refractivity contribution is 7.13. The molecule has 0 unspecified atom stereocenters. The Kier molecular flexibility index (Phi) is 7.65. The van der Waals surface area contributed by atoms with Gasteiger partial charge in [-0.05, 0) is 11.1 Å². The molecule has 34 heavy (non-hydrogen) atoms. The predicted molar refractivity (Wildman–Crippen MR) is 136 cm³/mol. The first-order valence-corrected chi connectivity index (χ1v) is 13.0. The van der Waals surface area contributed by atoms with Crippen LogP contribution < -0.4 is 0 Å². The van der Waals surface area contributed by atoms with Crippen molar-refractivity contribution in [3.05, 3.63) is 76.8 Å². The summed E-state index contributed by atoms with van der Waals surface area (Å²) in [5.74, 6) is 0.178. The van der Waals surface area contributed by atoms with Crippen molar-refractivity contribution < 1.29 is 9.53 Å². The van der Waals surface area contributed by atoms with E-state index in [4.69, 9.17) is 9.72 Å². The zero-order valence-electron chi connectivity index (χ0n) is 19.6. The second-order valence-corrected chi connectivity index (χ2v) is 9.91. The maximum atomic E-state index is 12.9. The molecule has 6 nitrogen and oxygen atoms in total. The maximum absolute atomic E-state index is 12.9. The Morgan fingerprint density at radius 3 is 2.18 bits per heavy atom. The van der Waals surface area contributed by atoms with Crippen LogP contribution in [0.5, 0.6) is 0 Å². The average Bonchev–Trinajstić information content (AvgIpc) is 3.34. The molecule has 7 heteroatoms. The molecule has 0 aliphatic carbocycles. The number of aromatic nitrogens is 1. The number of piperazine rings is 1. The van der Waals surface area contributed by atoms with Crippen LogP contribution in [0.4, 0.5) is 0 Å². The number of hydrogen-bond acceptors (Lipinski definition) is 6. The van der Waals surface area contributed by atoms with Crippen LogP contribution in [0.25, 0.3) is 10.6 Å². The van der Waals surface area contributed by atoms with E-state index in [1.54, 1.807) is 11.3 Å². The molecule has 0 spiro atoms. The van der Waals surface area contributed by atoms with Crippen molar-refractivity contribution in [2.24, 2.45) is 0 Å². The number of ether oxygens (including phenoxy) is 1. The van der Waals surface area contributed by atoms with Gasteiger partial charge in [0.25, 0.3) is 0 Å². The lowest BCUT2D eigenvalue weighted by Crippen LogP contribution is -2.48. The summed E-state index contributed by atoms with van der Waals surface area (Å²) in [6.07, 6.45) is 0.379. The van der Waals surface area contributed by atoms with Crippen LogP contribution in [0.3, 0.4) is 0 Å². The Balaban J connectivity index is 1.11. The number of thiazole rings is 1. The molecule has 0 saturated carbocycles. The molecule has 5 rings (SSSR count). The van der Waals surface area contributed by atoms with E-state index in [2.05, 4.69) is 58.3 Å². The third-order valence-electron chi connectivity index (χ3n) is 6.57. The number of hydrogen-bond donors (Lipinski definition) is 0. The highest BCUT2D eigenvalue weighted by Crippen LogP contribution is 2.25. The summed E-state index contributed by atoms with van der Waals surface area (Å²) in [7, 11) is 0. The molecule has 178 valence electrons. The van der Waals surface area contributed by atoms with Crippen LogP contribution in [-0.4, -0.2) is 78.1 Å². The topological polar surface area (TPSA) is 48.9 Å². The minimum absolute atomic E-state index is 0.178. The monoisotopic (exact) mass is 476 g/mol. The van der Waals surface area contributed by atoms with Gasteiger partial charge in [0.1, 0.15) is 5.01 Å². The van der Waals surface area contributed by atoms with Gasteiger partial charge in [-0.1, -0.05) is 54.6 Å². The van der Waals surface area contributed by atoms with Gasteiger partial charge in [0.15, 0.2) is 0 Å². The van der Waals surface area contributed by atoms with Crippen LogP contribution in [0.15, 0.2) is 60.0 Å². The molecular weight excluding hydrogens is 444 g/mol. The first-order valence-electron chi connectivity index (χ1n) is 12.1. The fourth-order valence-electron chi connectivity index (χ4n) is 4.55. The van der Waals surface area contributed by atoms with E-state index in [-0.39, 0.29) is 5.91 Å². The maximum Gasteiger partial charge on any atom is 0.228 e. The van der Waals surface area contributed by atoms with Crippen molar-refractivity contribution in [1.82, 2.24) is 19.7 Å². The standard InChI is InChI=1S/C27H32N4O2S/c32-26(31-12-10-29(11-13-31)19-22-4-2-1-3-5-22)18-25-21-34-27(28-25)24-8-6-23(7-9-24)20-30-14-16-33-17-15-30/h1-9,21H,10-20H2. The zero-order chi connectivity index (χ0) is 23.2. The van der Waals surface area contributed by atoms with Crippen LogP contribution in [0.1, 0.15) is 16.8 Å². The molecule has 0 radical (unpaired) electrons. The summed E-state index contributed by atoms with van der Waals surface area (Å²) in [6, 6.07) is 19.2. The number of nitrogens with zero attached hydrogens (tertiary/aromatic N) is 4. The van der Waals surface area contributed by atoms with E-state index >= 15 is 0 Å². The van der Waals surface area contributed by atoms with Gasteiger partial charge in [-0.15, -0.1) is 11.3 Å². The van der Waals surface area contributed by atoms with E-state index in [0.29, 0.717) is 6.42 Å². The van der Waals surface area contributed by atoms with Crippen molar-refractivity contribution in [2.75, 3.05) is 52.5 Å². The van der Waals surface area contributed by atoms with Gasteiger partial charge in [-0.25, -0.2) is 4.98 Å². The van der Waals surface area contributed by atoms with Crippen molar-refractivity contribution in [3.8, 4) is 10.6 Å². The Morgan fingerprint density at radius 2 is 1.47 bits per heavy atom. The minimum atomic E-state index is 0.178. The number of amides is 1. The molecule has 0 bridgehead atoms. The number of carbonyl (C=O) groups excluding carboxylic acids is 1. The molecule has 2 aliphatic heterocycles. The van der Waals surface area contributed by atoms with Crippen molar-refractivity contribution in [3.63, 3.8) is 0 Å². The summed E-state index contributed by atoms with van der Waals surface area (Å²) in [6.45, 7) is 8.94. The Hall–Kier alpha value is -2.58. The number of carbonyl (C=O) groups is 1. The fraction of sp³-hybridized carbons (Fsp3) is 0.407. The van der Waals surface area contributed by atoms with Crippen molar-refractivity contribution in [2.45, 2.75) is 19.5 Å².